The van der Waals surface area contributed by atoms with Crippen molar-refractivity contribution in [3.05, 3.63) is 70.4 Å². The highest BCUT2D eigenvalue weighted by atomic mass is 35.5. The smallest absolute Gasteiger partial charge is 0.255 e. The van der Waals surface area contributed by atoms with E-state index in [2.05, 4.69) is 20.9 Å². The van der Waals surface area contributed by atoms with E-state index in [0.29, 0.717) is 22.0 Å². The molecular weight excluding hydrogens is 431 g/mol. The Hall–Kier alpha value is -2.68. The number of amides is 2. The van der Waals surface area contributed by atoms with Gasteiger partial charge in [-0.3, -0.25) is 14.4 Å². The van der Waals surface area contributed by atoms with Gasteiger partial charge in [0.05, 0.1) is 17.3 Å². The first-order chi connectivity index (χ1) is 14.4. The summed E-state index contributed by atoms with van der Waals surface area (Å²) in [5, 5.41) is 6.61. The molecule has 1 aliphatic carbocycles. The molecule has 4 atom stereocenters. The van der Waals surface area contributed by atoms with E-state index >= 15 is 0 Å². The van der Waals surface area contributed by atoms with Crippen LogP contribution in [-0.4, -0.2) is 33.4 Å². The van der Waals surface area contributed by atoms with Crippen molar-refractivity contribution in [2.24, 2.45) is 5.92 Å². The highest BCUT2D eigenvalue weighted by molar-refractivity contribution is 6.32. The second kappa shape index (κ2) is 8.59. The number of aryl methyl sites for hydroxylation is 1. The summed E-state index contributed by atoms with van der Waals surface area (Å²) in [7, 11) is 0. The van der Waals surface area contributed by atoms with Gasteiger partial charge >= 0.3 is 0 Å². The van der Waals surface area contributed by atoms with Crippen LogP contribution in [0.5, 0.6) is 0 Å². The lowest BCUT2D eigenvalue weighted by Gasteiger charge is -2.38. The van der Waals surface area contributed by atoms with Crippen LogP contribution in [-0.2, 0) is 16.2 Å². The Morgan fingerprint density at radius 3 is 2.90 bits per heavy atom. The average molecular weight is 449 g/mol. The summed E-state index contributed by atoms with van der Waals surface area (Å²) in [6, 6.07) is 6.36. The Kier molecular flexibility index (Phi) is 5.90. The largest absolute Gasteiger partial charge is 0.347 e. The minimum atomic E-state index is -0.732. The van der Waals surface area contributed by atoms with Crippen LogP contribution >= 0.6 is 23.2 Å². The third-order valence-corrected chi connectivity index (χ3v) is 5.67. The molecule has 2 N–H and O–H groups in total. The molecule has 156 valence electrons. The summed E-state index contributed by atoms with van der Waals surface area (Å²) in [5.41, 5.74) is 3.46. The third kappa shape index (κ3) is 4.12. The van der Waals surface area contributed by atoms with E-state index in [4.69, 9.17) is 32.6 Å². The predicted octanol–water partition coefficient (Wildman–Crippen LogP) is 2.74. The number of carbonyl (C=O) groups is 2. The molecule has 2 heterocycles. The van der Waals surface area contributed by atoms with E-state index in [0.717, 1.165) is 0 Å². The van der Waals surface area contributed by atoms with Gasteiger partial charge in [0.1, 0.15) is 0 Å². The molecule has 0 saturated carbocycles. The van der Waals surface area contributed by atoms with E-state index < -0.39 is 23.2 Å². The van der Waals surface area contributed by atoms with Gasteiger partial charge in [0.15, 0.2) is 12.4 Å². The molecule has 0 saturated heterocycles. The number of benzene rings is 1. The number of allylic oxidation sites excluding steroid dienone is 3. The topological polar surface area (TPSA) is 106 Å². The van der Waals surface area contributed by atoms with Crippen LogP contribution < -0.4 is 10.8 Å². The van der Waals surface area contributed by atoms with Gasteiger partial charge in [0, 0.05) is 16.5 Å². The highest BCUT2D eigenvalue weighted by Gasteiger charge is 2.43. The van der Waals surface area contributed by atoms with Crippen molar-refractivity contribution in [2.75, 3.05) is 0 Å². The zero-order valence-corrected chi connectivity index (χ0v) is 17.4. The van der Waals surface area contributed by atoms with Gasteiger partial charge in [0.25, 0.3) is 17.7 Å². The maximum Gasteiger partial charge on any atom is 0.255 e. The number of halogens is 2. The van der Waals surface area contributed by atoms with Crippen LogP contribution in [0.15, 0.2) is 52.0 Å². The van der Waals surface area contributed by atoms with Crippen molar-refractivity contribution in [1.29, 1.82) is 0 Å². The van der Waals surface area contributed by atoms with Crippen LogP contribution in [0.1, 0.15) is 33.6 Å². The molecular formula is C20H18Cl2N4O4. The number of hydroxylamine groups is 1. The SMILES string of the molecule is Cc1noc(CONC(=O)[C@@H]2c3ccccc3C(=O)N[C@H]2C2C=CC(Cl)=CC2Cl)n1. The Balaban J connectivity index is 1.58. The van der Waals surface area contributed by atoms with Crippen molar-refractivity contribution in [2.45, 2.75) is 30.9 Å². The molecule has 0 radical (unpaired) electrons. The number of nitrogens with zero attached hydrogens (tertiary/aromatic N) is 2. The summed E-state index contributed by atoms with van der Waals surface area (Å²) in [5.74, 6) is -1.07. The van der Waals surface area contributed by atoms with Gasteiger partial charge in [-0.15, -0.1) is 11.6 Å². The van der Waals surface area contributed by atoms with Gasteiger partial charge in [-0.2, -0.15) is 4.98 Å². The number of rotatable bonds is 5. The molecule has 0 fully saturated rings. The van der Waals surface area contributed by atoms with Gasteiger partial charge in [-0.05, 0) is 30.7 Å². The van der Waals surface area contributed by atoms with Crippen LogP contribution in [0.25, 0.3) is 0 Å². The fraction of sp³-hybridized carbons (Fsp3) is 0.300. The average Bonchev–Trinajstić information content (AvgIpc) is 3.13. The Labute approximate surface area is 182 Å². The zero-order chi connectivity index (χ0) is 21.3. The third-order valence-electron chi connectivity index (χ3n) is 5.00. The quantitative estimate of drug-likeness (QED) is 0.537. The molecule has 1 aliphatic heterocycles. The van der Waals surface area contributed by atoms with Crippen molar-refractivity contribution in [3.63, 3.8) is 0 Å². The van der Waals surface area contributed by atoms with E-state index in [1.54, 1.807) is 49.4 Å². The van der Waals surface area contributed by atoms with Crippen LogP contribution in [0, 0.1) is 12.8 Å². The molecule has 10 heteroatoms. The Morgan fingerprint density at radius 1 is 1.37 bits per heavy atom. The summed E-state index contributed by atoms with van der Waals surface area (Å²) in [4.78, 5) is 35.1. The number of fused-ring (bicyclic) bond motifs is 1. The number of alkyl halides is 1. The number of nitrogens with one attached hydrogen (secondary N) is 2. The number of hydrogen-bond acceptors (Lipinski definition) is 6. The molecule has 2 unspecified atom stereocenters. The molecule has 8 nitrogen and oxygen atoms in total. The van der Waals surface area contributed by atoms with E-state index in [1.165, 1.54) is 0 Å². The number of aromatic nitrogens is 2. The normalized spacial score (nSPS) is 25.3. The highest BCUT2D eigenvalue weighted by Crippen LogP contribution is 2.37. The van der Waals surface area contributed by atoms with Crippen molar-refractivity contribution in [3.8, 4) is 0 Å². The summed E-state index contributed by atoms with van der Waals surface area (Å²) in [6.07, 6.45) is 5.20. The molecule has 0 spiro atoms. The molecule has 2 amide bonds. The molecule has 2 aromatic rings. The van der Waals surface area contributed by atoms with Crippen molar-refractivity contribution >= 4 is 35.0 Å². The molecule has 1 aromatic heterocycles. The van der Waals surface area contributed by atoms with Gasteiger partial charge in [-0.1, -0.05) is 41.0 Å². The van der Waals surface area contributed by atoms with Crippen LogP contribution in [0.3, 0.4) is 0 Å². The summed E-state index contributed by atoms with van der Waals surface area (Å²) < 4.78 is 4.96. The van der Waals surface area contributed by atoms with Crippen LogP contribution in [0.2, 0.25) is 0 Å². The number of carbonyl (C=O) groups excluding carboxylic acids is 2. The first-order valence-corrected chi connectivity index (χ1v) is 10.1. The van der Waals surface area contributed by atoms with Crippen LogP contribution in [0.4, 0.5) is 0 Å². The minimum Gasteiger partial charge on any atom is -0.347 e. The number of hydrogen-bond donors (Lipinski definition) is 2. The second-order valence-electron chi connectivity index (χ2n) is 6.99. The Bertz CT molecular complexity index is 1040. The second-order valence-corrected chi connectivity index (χ2v) is 7.93. The lowest BCUT2D eigenvalue weighted by Crippen LogP contribution is -2.54. The van der Waals surface area contributed by atoms with Crippen molar-refractivity contribution in [1.82, 2.24) is 20.9 Å². The zero-order valence-electron chi connectivity index (χ0n) is 15.8. The van der Waals surface area contributed by atoms with E-state index in [9.17, 15) is 9.59 Å². The van der Waals surface area contributed by atoms with Crippen molar-refractivity contribution < 1.29 is 18.9 Å². The maximum absolute atomic E-state index is 13.1. The standard InChI is InChI=1S/C20H18Cl2N4O4/c1-10-23-16(30-25-10)9-29-26-20(28)17-12-4-2-3-5-13(12)19(27)24-18(17)14-7-6-11(21)8-15(14)22/h2-8,14-15,17-18H,9H2,1H3,(H,24,27)(H,26,28)/t14?,15?,17-,18+/m1/s1. The minimum absolute atomic E-state index is 0.0855. The molecule has 4 rings (SSSR count). The van der Waals surface area contributed by atoms with Gasteiger partial charge < -0.3 is 9.84 Å². The maximum atomic E-state index is 13.1. The fourth-order valence-electron chi connectivity index (χ4n) is 3.68. The molecule has 1 aromatic carbocycles. The Morgan fingerprint density at radius 2 is 2.17 bits per heavy atom. The first-order valence-electron chi connectivity index (χ1n) is 9.24. The summed E-state index contributed by atoms with van der Waals surface area (Å²) >= 11 is 12.5. The first kappa shape index (κ1) is 20.6. The lowest BCUT2D eigenvalue weighted by molar-refractivity contribution is -0.137. The predicted molar refractivity (Wildman–Crippen MR) is 109 cm³/mol. The van der Waals surface area contributed by atoms with Gasteiger partial charge in [-0.25, -0.2) is 5.48 Å². The fourth-order valence-corrected chi connectivity index (χ4v) is 4.33. The molecule has 2 aliphatic rings. The van der Waals surface area contributed by atoms with Gasteiger partial charge in [0.2, 0.25) is 0 Å². The van der Waals surface area contributed by atoms with E-state index in [1.807, 2.05) is 0 Å². The molecule has 30 heavy (non-hydrogen) atoms. The lowest BCUT2D eigenvalue weighted by atomic mass is 9.76. The summed E-state index contributed by atoms with van der Waals surface area (Å²) in [6.45, 7) is 1.59. The van der Waals surface area contributed by atoms with E-state index in [-0.39, 0.29) is 24.3 Å². The molecule has 0 bridgehead atoms. The monoisotopic (exact) mass is 448 g/mol.